The molecule has 4 rings (SSSR count). The molecule has 0 unspecified atom stereocenters. The van der Waals surface area contributed by atoms with Gasteiger partial charge in [0.1, 0.15) is 0 Å². The Kier molecular flexibility index (Phi) is 8.71. The smallest absolute Gasteiger partial charge is 0.305 e. The SMILES string of the molecule is COC(=O)CCc1ccc(N(c2ccc(CCC(=O)OC)cc2)c2ccc(-c3ccccc3)cc2)cc1. The maximum atomic E-state index is 11.5. The monoisotopic (exact) mass is 493 g/mol. The number of anilines is 3. The Balaban J connectivity index is 1.62. The van der Waals surface area contributed by atoms with Gasteiger partial charge in [0.15, 0.2) is 0 Å². The molecule has 0 fully saturated rings. The predicted molar refractivity (Wildman–Crippen MR) is 147 cm³/mol. The highest BCUT2D eigenvalue weighted by atomic mass is 16.5. The Bertz CT molecular complexity index is 1230. The number of hydrogen-bond acceptors (Lipinski definition) is 5. The highest BCUT2D eigenvalue weighted by Gasteiger charge is 2.14. The van der Waals surface area contributed by atoms with Crippen molar-refractivity contribution >= 4 is 29.0 Å². The van der Waals surface area contributed by atoms with Crippen LogP contribution < -0.4 is 4.90 Å². The van der Waals surface area contributed by atoms with E-state index in [1.54, 1.807) is 0 Å². The van der Waals surface area contributed by atoms with E-state index < -0.39 is 0 Å². The number of benzene rings is 4. The number of ether oxygens (including phenoxy) is 2. The zero-order chi connectivity index (χ0) is 26.0. The molecule has 0 saturated heterocycles. The Morgan fingerprint density at radius 1 is 0.541 bits per heavy atom. The molecule has 0 radical (unpaired) electrons. The summed E-state index contributed by atoms with van der Waals surface area (Å²) in [4.78, 5) is 25.3. The van der Waals surface area contributed by atoms with E-state index in [2.05, 4.69) is 65.6 Å². The van der Waals surface area contributed by atoms with Crippen molar-refractivity contribution in [2.45, 2.75) is 25.7 Å². The van der Waals surface area contributed by atoms with E-state index in [1.165, 1.54) is 19.8 Å². The minimum Gasteiger partial charge on any atom is -0.469 e. The van der Waals surface area contributed by atoms with Gasteiger partial charge >= 0.3 is 11.9 Å². The van der Waals surface area contributed by atoms with E-state index in [1.807, 2.05) is 42.5 Å². The van der Waals surface area contributed by atoms with Crippen molar-refractivity contribution in [3.63, 3.8) is 0 Å². The molecule has 0 N–H and O–H groups in total. The summed E-state index contributed by atoms with van der Waals surface area (Å²) < 4.78 is 9.53. The Morgan fingerprint density at radius 3 is 1.32 bits per heavy atom. The highest BCUT2D eigenvalue weighted by molar-refractivity contribution is 5.78. The molecule has 0 atom stereocenters. The second-order valence-electron chi connectivity index (χ2n) is 8.73. The van der Waals surface area contributed by atoms with Crippen molar-refractivity contribution in [3.8, 4) is 11.1 Å². The van der Waals surface area contributed by atoms with Crippen LogP contribution in [0.4, 0.5) is 17.1 Å². The van der Waals surface area contributed by atoms with E-state index in [9.17, 15) is 9.59 Å². The lowest BCUT2D eigenvalue weighted by Gasteiger charge is -2.26. The molecule has 0 bridgehead atoms. The van der Waals surface area contributed by atoms with Crippen molar-refractivity contribution in [3.05, 3.63) is 114 Å². The van der Waals surface area contributed by atoms with Crippen LogP contribution in [0.2, 0.25) is 0 Å². The van der Waals surface area contributed by atoms with E-state index in [4.69, 9.17) is 9.47 Å². The molecule has 0 amide bonds. The summed E-state index contributed by atoms with van der Waals surface area (Å²) in [5, 5.41) is 0. The van der Waals surface area contributed by atoms with Gasteiger partial charge in [0, 0.05) is 29.9 Å². The molecule has 4 aromatic rings. The van der Waals surface area contributed by atoms with Crippen LogP contribution in [0.3, 0.4) is 0 Å². The standard InChI is InChI=1S/C32H31NO4/c1-36-31(34)22-12-24-8-16-28(17-9-24)33(29-18-10-25(11-19-29)13-23-32(35)37-2)30-20-14-27(15-21-30)26-6-4-3-5-7-26/h3-11,14-21H,12-13,22-23H2,1-2H3. The van der Waals surface area contributed by atoms with Crippen LogP contribution in [0.5, 0.6) is 0 Å². The van der Waals surface area contributed by atoms with Gasteiger partial charge in [-0.05, 0) is 71.5 Å². The molecule has 0 aliphatic rings. The van der Waals surface area contributed by atoms with Crippen molar-refractivity contribution in [2.75, 3.05) is 19.1 Å². The molecule has 37 heavy (non-hydrogen) atoms. The first-order chi connectivity index (χ1) is 18.1. The molecule has 0 aliphatic heterocycles. The molecule has 0 spiro atoms. The highest BCUT2D eigenvalue weighted by Crippen LogP contribution is 2.36. The van der Waals surface area contributed by atoms with Gasteiger partial charge in [0.2, 0.25) is 0 Å². The molecular weight excluding hydrogens is 462 g/mol. The van der Waals surface area contributed by atoms with Crippen LogP contribution >= 0.6 is 0 Å². The quantitative estimate of drug-likeness (QED) is 0.222. The van der Waals surface area contributed by atoms with Gasteiger partial charge in [-0.3, -0.25) is 9.59 Å². The fourth-order valence-electron chi connectivity index (χ4n) is 4.20. The molecule has 0 saturated carbocycles. The van der Waals surface area contributed by atoms with Crippen LogP contribution in [-0.2, 0) is 31.9 Å². The van der Waals surface area contributed by atoms with E-state index in [0.29, 0.717) is 25.7 Å². The molecule has 0 aromatic heterocycles. The number of hydrogen-bond donors (Lipinski definition) is 0. The van der Waals surface area contributed by atoms with Crippen LogP contribution in [0, 0.1) is 0 Å². The fraction of sp³-hybridized carbons (Fsp3) is 0.188. The maximum Gasteiger partial charge on any atom is 0.305 e. The number of carbonyl (C=O) groups excluding carboxylic acids is 2. The third-order valence-electron chi connectivity index (χ3n) is 6.31. The van der Waals surface area contributed by atoms with Gasteiger partial charge < -0.3 is 14.4 Å². The first-order valence-electron chi connectivity index (χ1n) is 12.3. The molecular formula is C32H31NO4. The number of rotatable bonds is 10. The zero-order valence-corrected chi connectivity index (χ0v) is 21.2. The summed E-state index contributed by atoms with van der Waals surface area (Å²) in [5.74, 6) is -0.423. The van der Waals surface area contributed by atoms with Gasteiger partial charge in [-0.1, -0.05) is 66.7 Å². The summed E-state index contributed by atoms with van der Waals surface area (Å²) >= 11 is 0. The van der Waals surface area contributed by atoms with Gasteiger partial charge in [-0.2, -0.15) is 0 Å². The average Bonchev–Trinajstić information content (AvgIpc) is 2.97. The second-order valence-corrected chi connectivity index (χ2v) is 8.73. The van der Waals surface area contributed by atoms with Crippen molar-refractivity contribution < 1.29 is 19.1 Å². The topological polar surface area (TPSA) is 55.8 Å². The average molecular weight is 494 g/mol. The lowest BCUT2D eigenvalue weighted by atomic mass is 10.0. The summed E-state index contributed by atoms with van der Waals surface area (Å²) in [6, 6.07) is 35.3. The van der Waals surface area contributed by atoms with E-state index >= 15 is 0 Å². The third-order valence-corrected chi connectivity index (χ3v) is 6.31. The minimum atomic E-state index is -0.212. The largest absolute Gasteiger partial charge is 0.469 e. The molecule has 188 valence electrons. The van der Waals surface area contributed by atoms with Crippen molar-refractivity contribution in [1.29, 1.82) is 0 Å². The van der Waals surface area contributed by atoms with Gasteiger partial charge in [0.25, 0.3) is 0 Å². The second kappa shape index (κ2) is 12.5. The van der Waals surface area contributed by atoms with Gasteiger partial charge in [-0.15, -0.1) is 0 Å². The summed E-state index contributed by atoms with van der Waals surface area (Å²) in [7, 11) is 2.82. The Morgan fingerprint density at radius 2 is 0.919 bits per heavy atom. The fourth-order valence-corrected chi connectivity index (χ4v) is 4.20. The molecule has 5 nitrogen and oxygen atoms in total. The number of aryl methyl sites for hydroxylation is 2. The maximum absolute atomic E-state index is 11.5. The number of nitrogens with zero attached hydrogens (tertiary/aromatic N) is 1. The minimum absolute atomic E-state index is 0.212. The number of esters is 2. The van der Waals surface area contributed by atoms with Crippen LogP contribution in [0.1, 0.15) is 24.0 Å². The molecule has 0 heterocycles. The van der Waals surface area contributed by atoms with Crippen molar-refractivity contribution in [2.24, 2.45) is 0 Å². The van der Waals surface area contributed by atoms with Crippen LogP contribution in [-0.4, -0.2) is 26.2 Å². The van der Waals surface area contributed by atoms with Crippen LogP contribution in [0.25, 0.3) is 11.1 Å². The van der Waals surface area contributed by atoms with E-state index in [0.717, 1.165) is 33.8 Å². The Labute approximate surface area is 218 Å². The lowest BCUT2D eigenvalue weighted by molar-refractivity contribution is -0.141. The summed E-state index contributed by atoms with van der Waals surface area (Å²) in [6.45, 7) is 0. The number of methoxy groups -OCH3 is 2. The van der Waals surface area contributed by atoms with Crippen molar-refractivity contribution in [1.82, 2.24) is 0 Å². The van der Waals surface area contributed by atoms with E-state index in [-0.39, 0.29) is 11.9 Å². The Hall–Kier alpha value is -4.38. The lowest BCUT2D eigenvalue weighted by Crippen LogP contribution is -2.10. The third kappa shape index (κ3) is 6.85. The van der Waals surface area contributed by atoms with Gasteiger partial charge in [-0.25, -0.2) is 0 Å². The zero-order valence-electron chi connectivity index (χ0n) is 21.2. The number of carbonyl (C=O) groups is 2. The summed E-state index contributed by atoms with van der Waals surface area (Å²) in [6.07, 6.45) is 1.97. The summed E-state index contributed by atoms with van der Waals surface area (Å²) in [5.41, 5.74) is 7.53. The molecule has 4 aromatic carbocycles. The van der Waals surface area contributed by atoms with Crippen LogP contribution in [0.15, 0.2) is 103 Å². The predicted octanol–water partition coefficient (Wildman–Crippen LogP) is 7.03. The first kappa shape index (κ1) is 25.7. The molecule has 5 heteroatoms. The van der Waals surface area contributed by atoms with Gasteiger partial charge in [0.05, 0.1) is 14.2 Å². The normalized spacial score (nSPS) is 10.5. The first-order valence-corrected chi connectivity index (χ1v) is 12.3. The molecule has 0 aliphatic carbocycles.